The second-order valence-corrected chi connectivity index (χ2v) is 14.7. The maximum atomic E-state index is 14.7. The standard InChI is InChI=1S/C40H39Cl2N3O5S/c1-3-24-43-40(47)38(26-30-10-6-4-7-11-30)44(27-31-16-23-36(41)37(42)25-31)39(46)28-45(51(48,49)35-21-14-29(2)15-22-35)32-17-19-34(20-18-32)50-33-12-8-5-9-13-33/h4-23,25,38H,3,24,26-28H2,1-2H3,(H,43,47). The Morgan fingerprint density at radius 1 is 0.765 bits per heavy atom. The van der Waals surface area contributed by atoms with Crippen molar-refractivity contribution in [1.29, 1.82) is 0 Å². The van der Waals surface area contributed by atoms with Crippen molar-refractivity contribution >= 4 is 50.7 Å². The zero-order valence-corrected chi connectivity index (χ0v) is 30.7. The number of halogens is 2. The summed E-state index contributed by atoms with van der Waals surface area (Å²) in [6.45, 7) is 3.58. The lowest BCUT2D eigenvalue weighted by molar-refractivity contribution is -0.140. The highest BCUT2D eigenvalue weighted by atomic mass is 35.5. The number of ether oxygens (including phenoxy) is 1. The van der Waals surface area contributed by atoms with Crippen molar-refractivity contribution in [1.82, 2.24) is 10.2 Å². The molecular weight excluding hydrogens is 705 g/mol. The van der Waals surface area contributed by atoms with Gasteiger partial charge >= 0.3 is 0 Å². The van der Waals surface area contributed by atoms with Crippen LogP contribution in [0, 0.1) is 6.92 Å². The molecule has 8 nitrogen and oxygen atoms in total. The molecule has 0 bridgehead atoms. The van der Waals surface area contributed by atoms with Crippen molar-refractivity contribution in [3.8, 4) is 11.5 Å². The van der Waals surface area contributed by atoms with Gasteiger partial charge in [0.05, 0.1) is 20.6 Å². The molecule has 0 radical (unpaired) electrons. The van der Waals surface area contributed by atoms with E-state index in [4.69, 9.17) is 27.9 Å². The van der Waals surface area contributed by atoms with Gasteiger partial charge in [0, 0.05) is 19.5 Å². The van der Waals surface area contributed by atoms with Crippen molar-refractivity contribution in [2.75, 3.05) is 17.4 Å². The molecule has 0 aliphatic rings. The molecule has 1 N–H and O–H groups in total. The van der Waals surface area contributed by atoms with Crippen LogP contribution in [0.25, 0.3) is 0 Å². The topological polar surface area (TPSA) is 96.0 Å². The molecule has 1 unspecified atom stereocenters. The summed E-state index contributed by atoms with van der Waals surface area (Å²) in [4.78, 5) is 30.0. The molecule has 264 valence electrons. The van der Waals surface area contributed by atoms with E-state index in [0.717, 1.165) is 15.4 Å². The Morgan fingerprint density at radius 3 is 2.02 bits per heavy atom. The van der Waals surface area contributed by atoms with Crippen LogP contribution >= 0.6 is 23.2 Å². The predicted octanol–water partition coefficient (Wildman–Crippen LogP) is 8.46. The number of carbonyl (C=O) groups is 2. The Labute approximate surface area is 309 Å². The smallest absolute Gasteiger partial charge is 0.264 e. The van der Waals surface area contributed by atoms with Crippen molar-refractivity contribution in [2.45, 2.75) is 44.2 Å². The Balaban J connectivity index is 1.56. The summed E-state index contributed by atoms with van der Waals surface area (Å²) in [5, 5.41) is 3.57. The van der Waals surface area contributed by atoms with E-state index in [9.17, 15) is 18.0 Å². The number of benzene rings is 5. The molecule has 0 aliphatic heterocycles. The summed E-state index contributed by atoms with van der Waals surface area (Å²) >= 11 is 12.6. The van der Waals surface area contributed by atoms with E-state index in [1.807, 2.05) is 74.5 Å². The van der Waals surface area contributed by atoms with E-state index in [-0.39, 0.29) is 34.5 Å². The van der Waals surface area contributed by atoms with Crippen LogP contribution in [-0.4, -0.2) is 44.3 Å². The van der Waals surface area contributed by atoms with Crippen molar-refractivity contribution < 1.29 is 22.7 Å². The number of nitrogens with one attached hydrogen (secondary N) is 1. The first-order valence-electron chi connectivity index (χ1n) is 16.5. The third kappa shape index (κ3) is 9.91. The van der Waals surface area contributed by atoms with Crippen molar-refractivity contribution in [3.05, 3.63) is 154 Å². The number of anilines is 1. The molecule has 0 saturated heterocycles. The van der Waals surface area contributed by atoms with Crippen LogP contribution in [0.1, 0.15) is 30.0 Å². The molecule has 0 heterocycles. The first kappa shape index (κ1) is 37.4. The number of aryl methyl sites for hydroxylation is 1. The van der Waals surface area contributed by atoms with E-state index in [0.29, 0.717) is 35.1 Å². The van der Waals surface area contributed by atoms with Gasteiger partial charge in [-0.05, 0) is 85.1 Å². The van der Waals surface area contributed by atoms with Gasteiger partial charge in [0.25, 0.3) is 10.0 Å². The fourth-order valence-corrected chi connectivity index (χ4v) is 7.16. The minimum absolute atomic E-state index is 0.0167. The molecule has 0 aliphatic carbocycles. The van der Waals surface area contributed by atoms with Gasteiger partial charge in [-0.25, -0.2) is 8.42 Å². The Bertz CT molecular complexity index is 2030. The van der Waals surface area contributed by atoms with Gasteiger partial charge in [-0.2, -0.15) is 0 Å². The zero-order valence-electron chi connectivity index (χ0n) is 28.3. The number of para-hydroxylation sites is 1. The monoisotopic (exact) mass is 743 g/mol. The molecule has 51 heavy (non-hydrogen) atoms. The Kier molecular flexibility index (Phi) is 12.8. The second kappa shape index (κ2) is 17.4. The van der Waals surface area contributed by atoms with Gasteiger partial charge in [-0.15, -0.1) is 0 Å². The summed E-state index contributed by atoms with van der Waals surface area (Å²) in [6.07, 6.45) is 0.886. The quantitative estimate of drug-likeness (QED) is 0.116. The number of hydrogen-bond donors (Lipinski definition) is 1. The van der Waals surface area contributed by atoms with Crippen LogP contribution in [0.3, 0.4) is 0 Å². The van der Waals surface area contributed by atoms with E-state index in [1.54, 1.807) is 54.6 Å². The first-order chi connectivity index (χ1) is 24.5. The summed E-state index contributed by atoms with van der Waals surface area (Å²) in [5.74, 6) is 0.160. The van der Waals surface area contributed by atoms with Crippen LogP contribution in [0.2, 0.25) is 10.0 Å². The predicted molar refractivity (Wildman–Crippen MR) is 203 cm³/mol. The third-order valence-corrected chi connectivity index (χ3v) is 10.7. The maximum absolute atomic E-state index is 14.7. The van der Waals surface area contributed by atoms with Gasteiger partial charge in [-0.1, -0.05) is 102 Å². The minimum Gasteiger partial charge on any atom is -0.457 e. The average molecular weight is 745 g/mol. The zero-order chi connectivity index (χ0) is 36.4. The Hall–Kier alpha value is -4.83. The van der Waals surface area contributed by atoms with Crippen LogP contribution in [-0.2, 0) is 32.6 Å². The molecule has 5 aromatic carbocycles. The van der Waals surface area contributed by atoms with E-state index >= 15 is 0 Å². The summed E-state index contributed by atoms with van der Waals surface area (Å²) in [6, 6.07) is 35.5. The van der Waals surface area contributed by atoms with Crippen LogP contribution in [0.4, 0.5) is 5.69 Å². The number of rotatable bonds is 15. The molecule has 1 atom stereocenters. The molecule has 5 rings (SSSR count). The maximum Gasteiger partial charge on any atom is 0.264 e. The number of amides is 2. The minimum atomic E-state index is -4.27. The lowest BCUT2D eigenvalue weighted by Gasteiger charge is -2.34. The molecule has 0 saturated carbocycles. The van der Waals surface area contributed by atoms with E-state index in [1.165, 1.54) is 17.0 Å². The van der Waals surface area contributed by atoms with Gasteiger partial charge < -0.3 is 15.0 Å². The second-order valence-electron chi connectivity index (χ2n) is 12.0. The highest BCUT2D eigenvalue weighted by molar-refractivity contribution is 7.92. The fraction of sp³-hybridized carbons (Fsp3) is 0.200. The number of nitrogens with zero attached hydrogens (tertiary/aromatic N) is 2. The summed E-state index contributed by atoms with van der Waals surface area (Å²) in [5.41, 5.74) is 2.58. The molecule has 0 aromatic heterocycles. The molecule has 2 amide bonds. The number of sulfonamides is 1. The van der Waals surface area contributed by atoms with Crippen molar-refractivity contribution in [3.63, 3.8) is 0 Å². The highest BCUT2D eigenvalue weighted by Gasteiger charge is 2.34. The van der Waals surface area contributed by atoms with Crippen LogP contribution < -0.4 is 14.4 Å². The molecule has 0 fully saturated rings. The highest BCUT2D eigenvalue weighted by Crippen LogP contribution is 2.30. The van der Waals surface area contributed by atoms with Gasteiger partial charge in [0.2, 0.25) is 11.8 Å². The average Bonchev–Trinajstić information content (AvgIpc) is 3.13. The third-order valence-electron chi connectivity index (χ3n) is 8.15. The summed E-state index contributed by atoms with van der Waals surface area (Å²) in [7, 11) is -4.27. The van der Waals surface area contributed by atoms with E-state index < -0.39 is 28.5 Å². The molecule has 5 aromatic rings. The normalized spacial score (nSPS) is 11.8. The molecule has 0 spiro atoms. The van der Waals surface area contributed by atoms with Gasteiger partial charge in [0.1, 0.15) is 24.1 Å². The number of hydrogen-bond acceptors (Lipinski definition) is 5. The number of carbonyl (C=O) groups excluding carboxylic acids is 2. The fourth-order valence-electron chi connectivity index (χ4n) is 5.43. The van der Waals surface area contributed by atoms with Crippen molar-refractivity contribution in [2.24, 2.45) is 0 Å². The first-order valence-corrected chi connectivity index (χ1v) is 18.7. The molecular formula is C40H39Cl2N3O5S. The van der Waals surface area contributed by atoms with Gasteiger partial charge in [-0.3, -0.25) is 13.9 Å². The summed E-state index contributed by atoms with van der Waals surface area (Å²) < 4.78 is 35.7. The largest absolute Gasteiger partial charge is 0.457 e. The van der Waals surface area contributed by atoms with Crippen LogP contribution in [0.5, 0.6) is 11.5 Å². The lowest BCUT2D eigenvalue weighted by atomic mass is 10.0. The van der Waals surface area contributed by atoms with Crippen LogP contribution in [0.15, 0.2) is 132 Å². The molecule has 11 heteroatoms. The SMILES string of the molecule is CCCNC(=O)C(Cc1ccccc1)N(Cc1ccc(Cl)c(Cl)c1)C(=O)CN(c1ccc(Oc2ccccc2)cc1)S(=O)(=O)c1ccc(C)cc1. The van der Waals surface area contributed by atoms with Gasteiger partial charge in [0.15, 0.2) is 0 Å². The van der Waals surface area contributed by atoms with E-state index in [2.05, 4.69) is 5.32 Å². The Morgan fingerprint density at radius 2 is 1.39 bits per heavy atom. The lowest BCUT2D eigenvalue weighted by Crippen LogP contribution is -2.53.